The molecule has 4 heteroatoms. The second-order valence-corrected chi connectivity index (χ2v) is 3.50. The Balaban J connectivity index is 2.47. The first-order valence-corrected chi connectivity index (χ1v) is 4.85. The number of pyridine rings is 2. The van der Waals surface area contributed by atoms with Crippen LogP contribution in [-0.4, -0.2) is 9.97 Å². The van der Waals surface area contributed by atoms with Crippen LogP contribution in [0.15, 0.2) is 47.9 Å². The molecule has 0 bridgehead atoms. The molecule has 0 saturated carbocycles. The van der Waals surface area contributed by atoms with E-state index in [4.69, 9.17) is 0 Å². The Morgan fingerprint density at radius 1 is 1.00 bits per heavy atom. The Hall–Kier alpha value is -2.36. The zero-order valence-corrected chi connectivity index (χ0v) is 8.29. The second-order valence-electron chi connectivity index (χ2n) is 3.50. The van der Waals surface area contributed by atoms with Crippen molar-refractivity contribution in [1.29, 1.82) is 0 Å². The molecular formula is C12H7N3O. The van der Waals surface area contributed by atoms with E-state index in [-0.39, 0.29) is 0 Å². The van der Waals surface area contributed by atoms with Gasteiger partial charge in [0.05, 0.1) is 17.2 Å². The molecule has 3 aromatic rings. The zero-order valence-electron chi connectivity index (χ0n) is 8.29. The molecule has 76 valence electrons. The third-order valence-electron chi connectivity index (χ3n) is 2.51. The maximum atomic E-state index is 10.4. The van der Waals surface area contributed by atoms with Gasteiger partial charge in [-0.05, 0) is 17.3 Å². The Morgan fingerprint density at radius 3 is 2.69 bits per heavy atom. The van der Waals surface area contributed by atoms with Crippen LogP contribution in [0.5, 0.6) is 0 Å². The van der Waals surface area contributed by atoms with Crippen molar-refractivity contribution in [3.8, 4) is 0 Å². The highest BCUT2D eigenvalue weighted by Gasteiger charge is 2.03. The van der Waals surface area contributed by atoms with E-state index in [2.05, 4.69) is 15.1 Å². The molecule has 2 aromatic heterocycles. The fourth-order valence-corrected chi connectivity index (χ4v) is 1.77. The summed E-state index contributed by atoms with van der Waals surface area (Å²) in [6, 6.07) is 9.45. The number of hydrogen-bond donors (Lipinski definition) is 0. The lowest BCUT2D eigenvalue weighted by molar-refractivity contribution is 1.35. The van der Waals surface area contributed by atoms with Gasteiger partial charge in [-0.3, -0.25) is 9.97 Å². The fourth-order valence-electron chi connectivity index (χ4n) is 1.77. The second kappa shape index (κ2) is 3.34. The largest absolute Gasteiger partial charge is 0.254 e. The highest BCUT2D eigenvalue weighted by Crippen LogP contribution is 2.24. The first kappa shape index (κ1) is 8.91. The van der Waals surface area contributed by atoms with E-state index < -0.39 is 0 Å². The first-order valence-electron chi connectivity index (χ1n) is 4.85. The molecule has 2 heterocycles. The van der Waals surface area contributed by atoms with E-state index in [0.717, 1.165) is 21.8 Å². The molecule has 1 aromatic carbocycles. The molecule has 0 N–H and O–H groups in total. The van der Waals surface area contributed by atoms with Crippen molar-refractivity contribution in [2.24, 2.45) is 5.18 Å². The fraction of sp³-hybridized carbons (Fsp3) is 0. The average Bonchev–Trinajstić information content (AvgIpc) is 2.38. The minimum atomic E-state index is 0.336. The summed E-state index contributed by atoms with van der Waals surface area (Å²) in [5, 5.41) is 4.78. The summed E-state index contributed by atoms with van der Waals surface area (Å²) in [5.74, 6) is 0. The summed E-state index contributed by atoms with van der Waals surface area (Å²) in [4.78, 5) is 18.9. The van der Waals surface area contributed by atoms with Crippen molar-refractivity contribution in [2.45, 2.75) is 0 Å². The van der Waals surface area contributed by atoms with Crippen molar-refractivity contribution < 1.29 is 0 Å². The van der Waals surface area contributed by atoms with Gasteiger partial charge in [0, 0.05) is 17.0 Å². The summed E-state index contributed by atoms with van der Waals surface area (Å²) < 4.78 is 0. The molecule has 16 heavy (non-hydrogen) atoms. The first-order chi connectivity index (χ1) is 7.88. The van der Waals surface area contributed by atoms with Crippen LogP contribution < -0.4 is 0 Å². The summed E-state index contributed by atoms with van der Waals surface area (Å²) in [6.07, 6.45) is 3.19. The van der Waals surface area contributed by atoms with Crippen LogP contribution in [0.4, 0.5) is 5.69 Å². The molecule has 0 aliphatic heterocycles. The SMILES string of the molecule is O=Nc1cnc2c(ccc3cccnc32)c1. The monoisotopic (exact) mass is 209 g/mol. The van der Waals surface area contributed by atoms with Crippen molar-refractivity contribution in [3.63, 3.8) is 0 Å². The van der Waals surface area contributed by atoms with E-state index in [1.165, 1.54) is 6.20 Å². The van der Waals surface area contributed by atoms with Crippen LogP contribution in [0, 0.1) is 4.91 Å². The van der Waals surface area contributed by atoms with Crippen molar-refractivity contribution in [1.82, 2.24) is 9.97 Å². The Labute approximate surface area is 90.9 Å². The van der Waals surface area contributed by atoms with Gasteiger partial charge in [-0.15, -0.1) is 4.91 Å². The van der Waals surface area contributed by atoms with Crippen molar-refractivity contribution in [2.75, 3.05) is 0 Å². The molecule has 0 spiro atoms. The van der Waals surface area contributed by atoms with Crippen LogP contribution in [0.2, 0.25) is 0 Å². The van der Waals surface area contributed by atoms with E-state index in [0.29, 0.717) is 5.69 Å². The van der Waals surface area contributed by atoms with Crippen LogP contribution in [-0.2, 0) is 0 Å². The molecule has 0 saturated heterocycles. The number of aromatic nitrogens is 2. The van der Waals surface area contributed by atoms with Gasteiger partial charge in [0.15, 0.2) is 0 Å². The third-order valence-corrected chi connectivity index (χ3v) is 2.51. The normalized spacial score (nSPS) is 10.8. The Bertz CT molecular complexity index is 694. The van der Waals surface area contributed by atoms with E-state index in [1.807, 2.05) is 24.3 Å². The molecular weight excluding hydrogens is 202 g/mol. The van der Waals surface area contributed by atoms with Crippen LogP contribution in [0.1, 0.15) is 0 Å². The third kappa shape index (κ3) is 1.24. The highest BCUT2D eigenvalue weighted by molar-refractivity contribution is 6.03. The topological polar surface area (TPSA) is 55.2 Å². The predicted molar refractivity (Wildman–Crippen MR) is 62.5 cm³/mol. The molecule has 0 unspecified atom stereocenters. The smallest absolute Gasteiger partial charge is 0.126 e. The van der Waals surface area contributed by atoms with E-state index in [1.54, 1.807) is 12.3 Å². The standard InChI is InChI=1S/C12H7N3O/c16-15-10-6-9-4-3-8-2-1-5-13-11(8)12(9)14-7-10/h1-7H. The number of hydrogen-bond acceptors (Lipinski definition) is 4. The quantitative estimate of drug-likeness (QED) is 0.456. The molecule has 3 rings (SSSR count). The lowest BCUT2D eigenvalue weighted by Crippen LogP contribution is -1.83. The lowest BCUT2D eigenvalue weighted by Gasteiger charge is -2.01. The molecule has 0 aliphatic carbocycles. The van der Waals surface area contributed by atoms with Gasteiger partial charge in [-0.25, -0.2) is 0 Å². The number of nitroso groups, excluding NO2 is 1. The van der Waals surface area contributed by atoms with Crippen LogP contribution in [0.3, 0.4) is 0 Å². The number of benzene rings is 1. The van der Waals surface area contributed by atoms with Gasteiger partial charge in [-0.1, -0.05) is 18.2 Å². The van der Waals surface area contributed by atoms with Crippen LogP contribution >= 0.6 is 0 Å². The van der Waals surface area contributed by atoms with Gasteiger partial charge in [-0.2, -0.15) is 0 Å². The van der Waals surface area contributed by atoms with Gasteiger partial charge in [0.1, 0.15) is 5.69 Å². The maximum Gasteiger partial charge on any atom is 0.126 e. The summed E-state index contributed by atoms with van der Waals surface area (Å²) in [5.41, 5.74) is 1.98. The van der Waals surface area contributed by atoms with Crippen molar-refractivity contribution in [3.05, 3.63) is 47.6 Å². The zero-order chi connectivity index (χ0) is 11.0. The summed E-state index contributed by atoms with van der Waals surface area (Å²) >= 11 is 0. The average molecular weight is 209 g/mol. The maximum absolute atomic E-state index is 10.4. The summed E-state index contributed by atoms with van der Waals surface area (Å²) in [6.45, 7) is 0. The molecule has 0 atom stereocenters. The summed E-state index contributed by atoms with van der Waals surface area (Å²) in [7, 11) is 0. The molecule has 0 fully saturated rings. The van der Waals surface area contributed by atoms with E-state index in [9.17, 15) is 4.91 Å². The minimum Gasteiger partial charge on any atom is -0.254 e. The molecule has 4 nitrogen and oxygen atoms in total. The Kier molecular flexibility index (Phi) is 1.86. The van der Waals surface area contributed by atoms with Gasteiger partial charge < -0.3 is 0 Å². The number of fused-ring (bicyclic) bond motifs is 3. The predicted octanol–water partition coefficient (Wildman–Crippen LogP) is 3.18. The minimum absolute atomic E-state index is 0.336. The number of nitrogens with zero attached hydrogens (tertiary/aromatic N) is 3. The highest BCUT2D eigenvalue weighted by atomic mass is 16.3. The molecule has 0 aliphatic rings. The van der Waals surface area contributed by atoms with Gasteiger partial charge >= 0.3 is 0 Å². The van der Waals surface area contributed by atoms with Gasteiger partial charge in [0.2, 0.25) is 0 Å². The van der Waals surface area contributed by atoms with E-state index >= 15 is 0 Å². The Morgan fingerprint density at radius 2 is 1.81 bits per heavy atom. The molecule has 0 amide bonds. The van der Waals surface area contributed by atoms with Crippen molar-refractivity contribution >= 4 is 27.5 Å². The van der Waals surface area contributed by atoms with Crippen LogP contribution in [0.25, 0.3) is 21.8 Å². The lowest BCUT2D eigenvalue weighted by atomic mass is 10.1. The van der Waals surface area contributed by atoms with Gasteiger partial charge in [0.25, 0.3) is 0 Å². The number of rotatable bonds is 1. The molecule has 0 radical (unpaired) electrons.